The van der Waals surface area contributed by atoms with E-state index in [9.17, 15) is 61.3 Å². The topological polar surface area (TPSA) is 335 Å². The van der Waals surface area contributed by atoms with Crippen LogP contribution >= 0.6 is 0 Å². The van der Waals surface area contributed by atoms with Crippen molar-refractivity contribution in [3.05, 3.63) is 0 Å². The third kappa shape index (κ3) is 9.26. The molecule has 22 nitrogen and oxygen atoms in total. The van der Waals surface area contributed by atoms with E-state index in [0.29, 0.717) is 47.8 Å². The number of hydrogen-bond acceptors (Lipinski definition) is 22. The molecule has 4 aliphatic carbocycles. The zero-order valence-corrected chi connectivity index (χ0v) is 41.7. The molecule has 6 saturated heterocycles. The molecule has 0 aromatic carbocycles. The van der Waals surface area contributed by atoms with E-state index in [1.165, 1.54) is 12.8 Å². The molecule has 1 unspecified atom stereocenters. The van der Waals surface area contributed by atoms with Crippen LogP contribution in [0.5, 0.6) is 0 Å². The number of rotatable bonds is 11. The van der Waals surface area contributed by atoms with Crippen LogP contribution in [0.1, 0.15) is 91.9 Å². The summed E-state index contributed by atoms with van der Waals surface area (Å²) in [6.07, 6.45) is -22.9. The van der Waals surface area contributed by atoms with Crippen molar-refractivity contribution in [2.24, 2.45) is 52.3 Å². The van der Waals surface area contributed by atoms with Crippen molar-refractivity contribution >= 4 is 0 Å². The van der Waals surface area contributed by atoms with Crippen LogP contribution in [0.25, 0.3) is 0 Å². The average molecular weight is 1040 g/mol. The van der Waals surface area contributed by atoms with Gasteiger partial charge in [0.05, 0.1) is 45.2 Å². The van der Waals surface area contributed by atoms with Crippen LogP contribution in [0.4, 0.5) is 0 Å². The van der Waals surface area contributed by atoms with Gasteiger partial charge >= 0.3 is 0 Å². The van der Waals surface area contributed by atoms with Gasteiger partial charge in [0, 0.05) is 12.3 Å². The zero-order chi connectivity index (χ0) is 51.3. The minimum Gasteiger partial charge on any atom is -0.394 e. The molecule has 72 heavy (non-hydrogen) atoms. The van der Waals surface area contributed by atoms with Crippen LogP contribution in [-0.2, 0) is 47.4 Å². The molecular weight excluding hydrogens is 953 g/mol. The lowest BCUT2D eigenvalue weighted by Gasteiger charge is -2.61. The van der Waals surface area contributed by atoms with E-state index < -0.39 is 149 Å². The Balaban J connectivity index is 0.812. The first-order chi connectivity index (χ1) is 34.3. The molecule has 31 atom stereocenters. The van der Waals surface area contributed by atoms with Crippen molar-refractivity contribution in [3.63, 3.8) is 0 Å². The minimum atomic E-state index is -2.00. The van der Waals surface area contributed by atoms with Gasteiger partial charge in [-0.05, 0) is 104 Å². The van der Waals surface area contributed by atoms with Crippen molar-refractivity contribution in [2.45, 2.75) is 227 Å². The van der Waals surface area contributed by atoms with Crippen LogP contribution in [0.2, 0.25) is 0 Å². The Kier molecular flexibility index (Phi) is 15.9. The third-order valence-electron chi connectivity index (χ3n) is 20.0. The largest absolute Gasteiger partial charge is 0.394 e. The maximum absolute atomic E-state index is 11.8. The highest BCUT2D eigenvalue weighted by Crippen LogP contribution is 2.71. The second-order valence-corrected chi connectivity index (χ2v) is 23.9. The zero-order valence-electron chi connectivity index (χ0n) is 41.7. The molecule has 0 amide bonds. The van der Waals surface area contributed by atoms with Gasteiger partial charge < -0.3 is 109 Å². The first-order valence-corrected chi connectivity index (χ1v) is 26.7. The number of hydrogen-bond donors (Lipinski definition) is 12. The van der Waals surface area contributed by atoms with E-state index >= 15 is 0 Å². The van der Waals surface area contributed by atoms with Crippen molar-refractivity contribution in [1.82, 2.24) is 0 Å². The fraction of sp³-hybridized carbons (Fsp3) is 1.00. The molecule has 0 aromatic rings. The Labute approximate surface area is 419 Å². The molecule has 12 N–H and O–H groups in total. The molecule has 10 rings (SSSR count). The van der Waals surface area contributed by atoms with Crippen molar-refractivity contribution in [1.29, 1.82) is 0 Å². The lowest BCUT2D eigenvalue weighted by Crippen LogP contribution is -2.68. The fourth-order valence-electron chi connectivity index (χ4n) is 15.9. The number of ether oxygens (including phenoxy) is 10. The Hall–Kier alpha value is -0.880. The van der Waals surface area contributed by atoms with Gasteiger partial charge in [0.1, 0.15) is 91.6 Å². The molecule has 6 aliphatic heterocycles. The Morgan fingerprint density at radius 1 is 0.514 bits per heavy atom. The summed E-state index contributed by atoms with van der Waals surface area (Å²) in [7, 11) is 0. The highest BCUT2D eigenvalue weighted by molar-refractivity contribution is 5.15. The van der Waals surface area contributed by atoms with Crippen LogP contribution in [-0.4, -0.2) is 229 Å². The molecule has 0 bridgehead atoms. The molecule has 0 aromatic heterocycles. The van der Waals surface area contributed by atoms with Gasteiger partial charge in [0.2, 0.25) is 0 Å². The lowest BCUT2D eigenvalue weighted by atomic mass is 9.44. The fourth-order valence-corrected chi connectivity index (χ4v) is 15.9. The standard InChI is InChI=1S/C50H82O22/c1-20-7-12-50(64-18-20)21(2)32-28(72-50)14-26-24-6-5-22-13-23(8-10-48(22,3)25(24)9-11-49(26,32)4)65-45-40(62)37(59)41(31(17-53)68-45)69-47-43(71-46-39(61)36(58)34(56)29(15-51)66-46)42(35(57)30(16-52)67-47)70-44-38(60)33(55)27(54)19-63-44/h20-47,51-62H,5-19H2,1-4H3/t20-,21+,22?,23+,24-,25+,26+,27-,28+,29-,30-,31-,32+,33+,34-,35-,36+,37-,38-,39-,40-,41+,42+,43-,44+,45-,46+,47+,48+,49+,50-/m1/s1. The predicted molar refractivity (Wildman–Crippen MR) is 242 cm³/mol. The highest BCUT2D eigenvalue weighted by Gasteiger charge is 2.69. The number of aliphatic hydroxyl groups excluding tert-OH is 12. The van der Waals surface area contributed by atoms with Gasteiger partial charge in [-0.25, -0.2) is 0 Å². The second kappa shape index (κ2) is 21.1. The SMILES string of the molecule is C[C@@H]1CC[C@@]2(OC1)O[C@H]1C[C@H]3[C@@H]4CCC5C[C@@H](O[C@@H]6O[C@H](CO)[C@H](O[C@@H]7O[C@H](CO)[C@@H](O)[C@H](O[C@@H]8OC[C@@H](O)[C@H](O)[C@H]8O)[C@H]7O[C@@H]7O[C@H](CO)[C@@H](O)[C@H](O)[C@H]7O)[C@H](O)[C@H]6O)CC[C@]5(C)[C@H]4CC[C@]3(C)[C@H]1[C@@H]2C. The summed E-state index contributed by atoms with van der Waals surface area (Å²) in [6.45, 7) is 7.42. The number of aliphatic hydroxyl groups is 12. The van der Waals surface area contributed by atoms with Gasteiger partial charge in [-0.1, -0.05) is 27.7 Å². The maximum Gasteiger partial charge on any atom is 0.187 e. The average Bonchev–Trinajstić information content (AvgIpc) is 3.82. The van der Waals surface area contributed by atoms with E-state index in [1.807, 2.05) is 0 Å². The quantitative estimate of drug-likeness (QED) is 0.0971. The molecule has 1 spiro atoms. The van der Waals surface area contributed by atoms with E-state index in [2.05, 4.69) is 27.7 Å². The van der Waals surface area contributed by atoms with Gasteiger partial charge in [-0.15, -0.1) is 0 Å². The molecule has 4 saturated carbocycles. The van der Waals surface area contributed by atoms with Gasteiger partial charge in [-0.2, -0.15) is 0 Å². The monoisotopic (exact) mass is 1030 g/mol. The summed E-state index contributed by atoms with van der Waals surface area (Å²) < 4.78 is 61.4. The molecule has 10 aliphatic rings. The molecule has 414 valence electrons. The van der Waals surface area contributed by atoms with Crippen LogP contribution < -0.4 is 0 Å². The van der Waals surface area contributed by atoms with E-state index in [0.717, 1.165) is 51.6 Å². The summed E-state index contributed by atoms with van der Waals surface area (Å²) in [5.41, 5.74) is 0.293. The van der Waals surface area contributed by atoms with Gasteiger partial charge in [0.15, 0.2) is 30.9 Å². The minimum absolute atomic E-state index is 0.0916. The van der Waals surface area contributed by atoms with Crippen molar-refractivity contribution in [3.8, 4) is 0 Å². The summed E-state index contributed by atoms with van der Waals surface area (Å²) in [6, 6.07) is 0. The van der Waals surface area contributed by atoms with Crippen molar-refractivity contribution in [2.75, 3.05) is 33.0 Å². The Morgan fingerprint density at radius 3 is 1.85 bits per heavy atom. The van der Waals surface area contributed by atoms with E-state index in [4.69, 9.17) is 47.4 Å². The maximum atomic E-state index is 11.8. The molecule has 22 heteroatoms. The molecule has 10 fully saturated rings. The smallest absolute Gasteiger partial charge is 0.187 e. The predicted octanol–water partition coefficient (Wildman–Crippen LogP) is -2.27. The normalized spacial score (nSPS) is 57.8. The van der Waals surface area contributed by atoms with E-state index in [-0.39, 0.29) is 23.0 Å². The summed E-state index contributed by atoms with van der Waals surface area (Å²) >= 11 is 0. The molecule has 6 heterocycles. The summed E-state index contributed by atoms with van der Waals surface area (Å²) in [5.74, 6) is 3.06. The van der Waals surface area contributed by atoms with Crippen LogP contribution in [0.15, 0.2) is 0 Å². The Morgan fingerprint density at radius 2 is 1.14 bits per heavy atom. The van der Waals surface area contributed by atoms with Gasteiger partial charge in [0.25, 0.3) is 0 Å². The number of fused-ring (bicyclic) bond motifs is 7. The third-order valence-corrected chi connectivity index (χ3v) is 20.0. The van der Waals surface area contributed by atoms with Crippen molar-refractivity contribution < 1.29 is 109 Å². The first-order valence-electron chi connectivity index (χ1n) is 26.7. The van der Waals surface area contributed by atoms with Gasteiger partial charge in [-0.3, -0.25) is 0 Å². The summed E-state index contributed by atoms with van der Waals surface area (Å²) in [4.78, 5) is 0. The summed E-state index contributed by atoms with van der Waals surface area (Å²) in [5, 5.41) is 129. The molecular formula is C50H82O22. The van der Waals surface area contributed by atoms with E-state index in [1.54, 1.807) is 0 Å². The molecule has 0 radical (unpaired) electrons. The lowest BCUT2D eigenvalue weighted by molar-refractivity contribution is -0.404. The van der Waals surface area contributed by atoms with Crippen LogP contribution in [0.3, 0.4) is 0 Å². The first kappa shape index (κ1) is 54.5. The highest BCUT2D eigenvalue weighted by atomic mass is 16.8. The second-order valence-electron chi connectivity index (χ2n) is 23.9. The Bertz CT molecular complexity index is 1830. The van der Waals surface area contributed by atoms with Crippen LogP contribution in [0, 0.1) is 52.3 Å².